The maximum atomic E-state index is 5.75. The predicted octanol–water partition coefficient (Wildman–Crippen LogP) is 2.29. The molecule has 1 aliphatic carbocycles. The van der Waals surface area contributed by atoms with Crippen LogP contribution in [0.25, 0.3) is 5.57 Å². The highest BCUT2D eigenvalue weighted by molar-refractivity contribution is 5.70. The maximum Gasteiger partial charge on any atom is 0.0314 e. The molecular formula is C12H14N2. The Morgan fingerprint density at radius 2 is 1.71 bits per heavy atom. The first-order valence-electron chi connectivity index (χ1n) is 4.78. The van der Waals surface area contributed by atoms with Gasteiger partial charge < -0.3 is 11.5 Å². The highest BCUT2D eigenvalue weighted by Crippen LogP contribution is 2.25. The van der Waals surface area contributed by atoms with Gasteiger partial charge >= 0.3 is 0 Å². The first kappa shape index (κ1) is 8.88. The number of nitrogen functional groups attached to an aromatic ring is 1. The van der Waals surface area contributed by atoms with Gasteiger partial charge in [-0.15, -0.1) is 0 Å². The Bertz CT molecular complexity index is 385. The minimum absolute atomic E-state index is 0.800. The summed E-state index contributed by atoms with van der Waals surface area (Å²) < 4.78 is 0. The molecule has 4 N–H and O–H groups in total. The molecule has 1 aromatic rings. The third-order valence-corrected chi connectivity index (χ3v) is 2.42. The molecule has 0 unspecified atom stereocenters. The van der Waals surface area contributed by atoms with Crippen molar-refractivity contribution >= 4 is 11.3 Å². The standard InChI is InChI=1S/C12H14N2/c13-11-6-4-9(5-7-11)10-2-1-3-12(14)8-10/h3-8H,1-2,13-14H2. The van der Waals surface area contributed by atoms with Crippen molar-refractivity contribution in [1.82, 2.24) is 0 Å². The van der Waals surface area contributed by atoms with Crippen LogP contribution >= 0.6 is 0 Å². The highest BCUT2D eigenvalue weighted by Gasteiger charge is 2.05. The zero-order chi connectivity index (χ0) is 9.97. The number of allylic oxidation sites excluding steroid dienone is 3. The number of anilines is 1. The van der Waals surface area contributed by atoms with Crippen LogP contribution in [0.3, 0.4) is 0 Å². The van der Waals surface area contributed by atoms with E-state index in [9.17, 15) is 0 Å². The summed E-state index contributed by atoms with van der Waals surface area (Å²) in [4.78, 5) is 0. The number of hydrogen-bond acceptors (Lipinski definition) is 2. The first-order chi connectivity index (χ1) is 6.75. The zero-order valence-electron chi connectivity index (χ0n) is 8.03. The molecule has 1 aromatic carbocycles. The minimum atomic E-state index is 0.800. The van der Waals surface area contributed by atoms with Crippen LogP contribution in [0.5, 0.6) is 0 Å². The molecule has 0 amide bonds. The van der Waals surface area contributed by atoms with E-state index in [1.54, 1.807) is 0 Å². The molecule has 14 heavy (non-hydrogen) atoms. The lowest BCUT2D eigenvalue weighted by Crippen LogP contribution is -1.99. The Hall–Kier alpha value is -1.70. The lowest BCUT2D eigenvalue weighted by atomic mass is 9.96. The van der Waals surface area contributed by atoms with Gasteiger partial charge in [0.1, 0.15) is 0 Å². The van der Waals surface area contributed by atoms with E-state index >= 15 is 0 Å². The summed E-state index contributed by atoms with van der Waals surface area (Å²) in [5.74, 6) is 0. The quantitative estimate of drug-likeness (QED) is 0.661. The monoisotopic (exact) mass is 186 g/mol. The van der Waals surface area contributed by atoms with Crippen LogP contribution in [0.1, 0.15) is 18.4 Å². The van der Waals surface area contributed by atoms with Crippen LogP contribution in [0, 0.1) is 0 Å². The molecule has 1 aliphatic rings. The molecule has 0 spiro atoms. The number of nitrogens with two attached hydrogens (primary N) is 2. The van der Waals surface area contributed by atoms with Gasteiger partial charge in [-0.1, -0.05) is 18.2 Å². The molecule has 0 atom stereocenters. The molecule has 0 saturated heterocycles. The van der Waals surface area contributed by atoms with Gasteiger partial charge in [-0.3, -0.25) is 0 Å². The Morgan fingerprint density at radius 3 is 2.36 bits per heavy atom. The molecule has 0 bridgehead atoms. The van der Waals surface area contributed by atoms with Gasteiger partial charge in [0.25, 0.3) is 0 Å². The van der Waals surface area contributed by atoms with Crippen molar-refractivity contribution in [2.24, 2.45) is 5.73 Å². The van der Waals surface area contributed by atoms with E-state index in [2.05, 4.69) is 6.08 Å². The number of rotatable bonds is 1. The molecule has 2 heteroatoms. The zero-order valence-corrected chi connectivity index (χ0v) is 8.03. The van der Waals surface area contributed by atoms with Crippen molar-refractivity contribution < 1.29 is 0 Å². The lowest BCUT2D eigenvalue weighted by molar-refractivity contribution is 1.03. The van der Waals surface area contributed by atoms with E-state index in [0.717, 1.165) is 24.2 Å². The van der Waals surface area contributed by atoms with Gasteiger partial charge in [-0.05, 0) is 42.2 Å². The second kappa shape index (κ2) is 3.58. The van der Waals surface area contributed by atoms with Crippen LogP contribution in [-0.2, 0) is 0 Å². The Morgan fingerprint density at radius 1 is 1.00 bits per heavy atom. The van der Waals surface area contributed by atoms with E-state index in [0.29, 0.717) is 0 Å². The number of hydrogen-bond donors (Lipinski definition) is 2. The predicted molar refractivity (Wildman–Crippen MR) is 60.3 cm³/mol. The topological polar surface area (TPSA) is 52.0 Å². The summed E-state index contributed by atoms with van der Waals surface area (Å²) in [6.07, 6.45) is 6.18. The fourth-order valence-corrected chi connectivity index (χ4v) is 1.65. The molecule has 72 valence electrons. The molecule has 2 nitrogen and oxygen atoms in total. The van der Waals surface area contributed by atoms with Gasteiger partial charge in [-0.25, -0.2) is 0 Å². The second-order valence-corrected chi connectivity index (χ2v) is 3.53. The average molecular weight is 186 g/mol. The summed E-state index contributed by atoms with van der Waals surface area (Å²) in [6, 6.07) is 7.93. The van der Waals surface area contributed by atoms with Crippen LogP contribution in [-0.4, -0.2) is 0 Å². The largest absolute Gasteiger partial charge is 0.399 e. The van der Waals surface area contributed by atoms with E-state index in [1.165, 1.54) is 11.1 Å². The molecule has 2 rings (SSSR count). The Balaban J connectivity index is 2.31. The average Bonchev–Trinajstić information content (AvgIpc) is 2.19. The van der Waals surface area contributed by atoms with Crippen molar-refractivity contribution in [2.45, 2.75) is 12.8 Å². The molecular weight excluding hydrogens is 172 g/mol. The fourth-order valence-electron chi connectivity index (χ4n) is 1.65. The normalized spacial score (nSPS) is 16.0. The SMILES string of the molecule is NC1=CCCC(c2ccc(N)cc2)=C1. The van der Waals surface area contributed by atoms with E-state index in [-0.39, 0.29) is 0 Å². The fraction of sp³-hybridized carbons (Fsp3) is 0.167. The van der Waals surface area contributed by atoms with E-state index < -0.39 is 0 Å². The highest BCUT2D eigenvalue weighted by atomic mass is 14.6. The van der Waals surface area contributed by atoms with Crippen LogP contribution in [0.4, 0.5) is 5.69 Å². The molecule has 0 heterocycles. The van der Waals surface area contributed by atoms with Crippen molar-refractivity contribution in [3.63, 3.8) is 0 Å². The summed E-state index contributed by atoms with van der Waals surface area (Å²) >= 11 is 0. The summed E-state index contributed by atoms with van der Waals surface area (Å²) in [6.45, 7) is 0. The Labute approximate surface area is 83.9 Å². The summed E-state index contributed by atoms with van der Waals surface area (Å²) in [5.41, 5.74) is 15.6. The molecule has 0 aromatic heterocycles. The number of benzene rings is 1. The van der Waals surface area contributed by atoms with Crippen LogP contribution in [0.15, 0.2) is 42.1 Å². The van der Waals surface area contributed by atoms with Crippen molar-refractivity contribution in [2.75, 3.05) is 5.73 Å². The van der Waals surface area contributed by atoms with Crippen LogP contribution in [0.2, 0.25) is 0 Å². The van der Waals surface area contributed by atoms with Gasteiger partial charge in [0.2, 0.25) is 0 Å². The lowest BCUT2D eigenvalue weighted by Gasteiger charge is -2.11. The smallest absolute Gasteiger partial charge is 0.0314 e. The summed E-state index contributed by atoms with van der Waals surface area (Å²) in [5, 5.41) is 0. The molecule has 0 fully saturated rings. The third-order valence-electron chi connectivity index (χ3n) is 2.42. The Kier molecular flexibility index (Phi) is 2.27. The minimum Gasteiger partial charge on any atom is -0.399 e. The van der Waals surface area contributed by atoms with E-state index in [1.807, 2.05) is 30.3 Å². The molecule has 0 saturated carbocycles. The van der Waals surface area contributed by atoms with Crippen molar-refractivity contribution in [3.8, 4) is 0 Å². The van der Waals surface area contributed by atoms with Gasteiger partial charge in [0, 0.05) is 11.4 Å². The van der Waals surface area contributed by atoms with E-state index in [4.69, 9.17) is 11.5 Å². The third kappa shape index (κ3) is 1.79. The first-order valence-corrected chi connectivity index (χ1v) is 4.78. The van der Waals surface area contributed by atoms with Gasteiger partial charge in [-0.2, -0.15) is 0 Å². The van der Waals surface area contributed by atoms with Crippen molar-refractivity contribution in [3.05, 3.63) is 47.7 Å². The van der Waals surface area contributed by atoms with Gasteiger partial charge in [0.05, 0.1) is 0 Å². The van der Waals surface area contributed by atoms with Crippen molar-refractivity contribution in [1.29, 1.82) is 0 Å². The molecule has 0 radical (unpaired) electrons. The molecule has 0 aliphatic heterocycles. The second-order valence-electron chi connectivity index (χ2n) is 3.53. The van der Waals surface area contributed by atoms with Gasteiger partial charge in [0.15, 0.2) is 0 Å². The van der Waals surface area contributed by atoms with Crippen LogP contribution < -0.4 is 11.5 Å². The summed E-state index contributed by atoms with van der Waals surface area (Å²) in [7, 11) is 0. The maximum absolute atomic E-state index is 5.75.